The first kappa shape index (κ1) is 14.2. The molecule has 0 radical (unpaired) electrons. The number of benzene rings is 1. The van der Waals surface area contributed by atoms with Crippen molar-refractivity contribution >= 4 is 11.7 Å². The highest BCUT2D eigenvalue weighted by atomic mass is 16.5. The molecule has 0 spiro atoms. The van der Waals surface area contributed by atoms with Crippen LogP contribution in [0.2, 0.25) is 0 Å². The molecule has 4 heteroatoms. The van der Waals surface area contributed by atoms with Gasteiger partial charge in [0.1, 0.15) is 5.75 Å². The summed E-state index contributed by atoms with van der Waals surface area (Å²) < 4.78 is 5.50. The Balaban J connectivity index is 2.48. The normalized spacial score (nSPS) is 9.89. The van der Waals surface area contributed by atoms with E-state index in [1.54, 1.807) is 24.3 Å². The van der Waals surface area contributed by atoms with Crippen molar-refractivity contribution < 1.29 is 14.3 Å². The number of carbonyl (C=O) groups is 2. The Hall–Kier alpha value is -1.84. The van der Waals surface area contributed by atoms with Crippen LogP contribution in [0.1, 0.15) is 37.0 Å². The Labute approximate surface area is 107 Å². The van der Waals surface area contributed by atoms with Gasteiger partial charge in [0.15, 0.2) is 5.78 Å². The molecule has 4 nitrogen and oxygen atoms in total. The third-order valence-electron chi connectivity index (χ3n) is 2.44. The Kier molecular flexibility index (Phi) is 5.91. The van der Waals surface area contributed by atoms with Crippen molar-refractivity contribution in [1.29, 1.82) is 0 Å². The summed E-state index contributed by atoms with van der Waals surface area (Å²) in [4.78, 5) is 22.4. The number of carbonyl (C=O) groups excluding carboxylic acids is 2. The van der Waals surface area contributed by atoms with Crippen molar-refractivity contribution in [3.8, 4) is 5.75 Å². The largest absolute Gasteiger partial charge is 0.494 e. The van der Waals surface area contributed by atoms with Gasteiger partial charge in [0.25, 0.3) is 0 Å². The van der Waals surface area contributed by atoms with Crippen molar-refractivity contribution in [3.05, 3.63) is 29.8 Å². The second-order valence-electron chi connectivity index (χ2n) is 4.06. The maximum Gasteiger partial charge on any atom is 0.217 e. The number of Topliss-reactive ketones (excluding diaryl/α,β-unsaturated/α-hetero) is 1. The third kappa shape index (κ3) is 4.99. The lowest BCUT2D eigenvalue weighted by atomic mass is 10.1. The van der Waals surface area contributed by atoms with Crippen molar-refractivity contribution in [2.45, 2.75) is 26.7 Å². The Morgan fingerprint density at radius 2 is 1.89 bits per heavy atom. The molecule has 0 atom stereocenters. The fraction of sp³-hybridized carbons (Fsp3) is 0.429. The van der Waals surface area contributed by atoms with Crippen molar-refractivity contribution in [3.63, 3.8) is 0 Å². The van der Waals surface area contributed by atoms with Crippen LogP contribution in [0.5, 0.6) is 5.75 Å². The molecule has 0 saturated carbocycles. The topological polar surface area (TPSA) is 55.4 Å². The van der Waals surface area contributed by atoms with Gasteiger partial charge in [-0.1, -0.05) is 13.3 Å². The van der Waals surface area contributed by atoms with Gasteiger partial charge in [-0.2, -0.15) is 0 Å². The van der Waals surface area contributed by atoms with Gasteiger partial charge in [-0.05, 0) is 30.7 Å². The lowest BCUT2D eigenvalue weighted by Gasteiger charge is -2.06. The number of hydrogen-bond acceptors (Lipinski definition) is 3. The van der Waals surface area contributed by atoms with E-state index in [1.807, 2.05) is 0 Å². The fourth-order valence-electron chi connectivity index (χ4n) is 1.38. The Morgan fingerprint density at radius 1 is 1.22 bits per heavy atom. The molecule has 1 amide bonds. The van der Waals surface area contributed by atoms with Crippen LogP contribution in [0.25, 0.3) is 0 Å². The van der Waals surface area contributed by atoms with E-state index in [0.717, 1.165) is 18.6 Å². The summed E-state index contributed by atoms with van der Waals surface area (Å²) in [6.07, 6.45) is 2.11. The molecule has 0 unspecified atom stereocenters. The zero-order valence-electron chi connectivity index (χ0n) is 10.9. The van der Waals surface area contributed by atoms with Crippen LogP contribution in [-0.4, -0.2) is 24.8 Å². The molecule has 1 N–H and O–H groups in total. The fourth-order valence-corrected chi connectivity index (χ4v) is 1.38. The number of unbranched alkanes of at least 4 members (excludes halogenated alkanes) is 1. The molecule has 0 fully saturated rings. The van der Waals surface area contributed by atoms with E-state index in [1.165, 1.54) is 6.92 Å². The van der Waals surface area contributed by atoms with E-state index >= 15 is 0 Å². The summed E-state index contributed by atoms with van der Waals surface area (Å²) in [5, 5.41) is 2.48. The maximum atomic E-state index is 11.7. The van der Waals surface area contributed by atoms with Gasteiger partial charge >= 0.3 is 0 Å². The monoisotopic (exact) mass is 249 g/mol. The zero-order valence-corrected chi connectivity index (χ0v) is 10.9. The van der Waals surface area contributed by atoms with E-state index < -0.39 is 0 Å². The van der Waals surface area contributed by atoms with Crippen LogP contribution in [-0.2, 0) is 4.79 Å². The lowest BCUT2D eigenvalue weighted by Crippen LogP contribution is -2.27. The van der Waals surface area contributed by atoms with E-state index in [-0.39, 0.29) is 18.2 Å². The number of amides is 1. The summed E-state index contributed by atoms with van der Waals surface area (Å²) in [7, 11) is 0. The molecule has 0 aliphatic rings. The lowest BCUT2D eigenvalue weighted by molar-refractivity contribution is -0.118. The van der Waals surface area contributed by atoms with Gasteiger partial charge in [-0.3, -0.25) is 9.59 Å². The molecule has 18 heavy (non-hydrogen) atoms. The van der Waals surface area contributed by atoms with Crippen LogP contribution in [0.4, 0.5) is 0 Å². The van der Waals surface area contributed by atoms with Crippen molar-refractivity contribution in [2.24, 2.45) is 0 Å². The van der Waals surface area contributed by atoms with Gasteiger partial charge < -0.3 is 10.1 Å². The van der Waals surface area contributed by atoms with E-state index in [9.17, 15) is 9.59 Å². The number of ether oxygens (including phenoxy) is 1. The number of ketones is 1. The molecule has 0 aromatic heterocycles. The maximum absolute atomic E-state index is 11.7. The number of hydrogen-bond donors (Lipinski definition) is 1. The zero-order chi connectivity index (χ0) is 13.4. The molecule has 98 valence electrons. The molecule has 1 aromatic carbocycles. The first-order valence-corrected chi connectivity index (χ1v) is 6.14. The summed E-state index contributed by atoms with van der Waals surface area (Å²) in [5.41, 5.74) is 0.576. The van der Waals surface area contributed by atoms with E-state index in [4.69, 9.17) is 4.74 Å². The van der Waals surface area contributed by atoms with Gasteiger partial charge in [-0.15, -0.1) is 0 Å². The molecule has 0 heterocycles. The Bertz CT molecular complexity index is 398. The minimum Gasteiger partial charge on any atom is -0.494 e. The van der Waals surface area contributed by atoms with Gasteiger partial charge in [0, 0.05) is 12.5 Å². The number of nitrogens with one attached hydrogen (secondary N) is 1. The third-order valence-corrected chi connectivity index (χ3v) is 2.44. The summed E-state index contributed by atoms with van der Waals surface area (Å²) >= 11 is 0. The molecular weight excluding hydrogens is 230 g/mol. The molecule has 0 aliphatic heterocycles. The predicted molar refractivity (Wildman–Crippen MR) is 69.9 cm³/mol. The minimum absolute atomic E-state index is 0.0331. The highest BCUT2D eigenvalue weighted by Crippen LogP contribution is 2.13. The highest BCUT2D eigenvalue weighted by molar-refractivity contribution is 5.99. The van der Waals surface area contributed by atoms with Crippen LogP contribution in [0.3, 0.4) is 0 Å². The average molecular weight is 249 g/mol. The second kappa shape index (κ2) is 7.48. The first-order valence-electron chi connectivity index (χ1n) is 6.14. The average Bonchev–Trinajstić information content (AvgIpc) is 2.37. The highest BCUT2D eigenvalue weighted by Gasteiger charge is 2.06. The molecule has 1 aromatic rings. The van der Waals surface area contributed by atoms with Crippen molar-refractivity contribution in [2.75, 3.05) is 13.2 Å². The van der Waals surface area contributed by atoms with E-state index in [2.05, 4.69) is 12.2 Å². The van der Waals surface area contributed by atoms with Gasteiger partial charge in [0.05, 0.1) is 13.2 Å². The van der Waals surface area contributed by atoms with Crippen molar-refractivity contribution in [1.82, 2.24) is 5.32 Å². The first-order chi connectivity index (χ1) is 8.63. The smallest absolute Gasteiger partial charge is 0.217 e. The second-order valence-corrected chi connectivity index (χ2v) is 4.06. The van der Waals surface area contributed by atoms with Gasteiger partial charge in [0.2, 0.25) is 5.91 Å². The van der Waals surface area contributed by atoms with Crippen LogP contribution in [0.15, 0.2) is 24.3 Å². The predicted octanol–water partition coefficient (Wildman–Crippen LogP) is 2.18. The SMILES string of the molecule is CCCCOc1ccc(C(=O)CNC(C)=O)cc1. The number of rotatable bonds is 7. The van der Waals surface area contributed by atoms with Crippen LogP contribution in [0, 0.1) is 0 Å². The molecule has 0 bridgehead atoms. The molecule has 0 aliphatic carbocycles. The molecule has 1 rings (SSSR count). The summed E-state index contributed by atoms with van der Waals surface area (Å²) in [6.45, 7) is 4.21. The standard InChI is InChI=1S/C14H19NO3/c1-3-4-9-18-13-7-5-12(6-8-13)14(17)10-15-11(2)16/h5-8H,3-4,9-10H2,1-2H3,(H,15,16). The molecular formula is C14H19NO3. The molecule has 0 saturated heterocycles. The summed E-state index contributed by atoms with van der Waals surface area (Å²) in [6, 6.07) is 6.98. The summed E-state index contributed by atoms with van der Waals surface area (Å²) in [5.74, 6) is 0.452. The van der Waals surface area contributed by atoms with Crippen LogP contribution < -0.4 is 10.1 Å². The van der Waals surface area contributed by atoms with Crippen LogP contribution >= 0.6 is 0 Å². The minimum atomic E-state index is -0.206. The van der Waals surface area contributed by atoms with Gasteiger partial charge in [-0.25, -0.2) is 0 Å². The quantitative estimate of drug-likeness (QED) is 0.595. The Morgan fingerprint density at radius 3 is 2.44 bits per heavy atom. The van der Waals surface area contributed by atoms with E-state index in [0.29, 0.717) is 12.2 Å².